The third kappa shape index (κ3) is 2.89. The van der Waals surface area contributed by atoms with Gasteiger partial charge < -0.3 is 10.4 Å². The average molecular weight is 157 g/mol. The Hall–Kier alpha value is -0.570. The average Bonchev–Trinajstić information content (AvgIpc) is 2.06. The van der Waals surface area contributed by atoms with E-state index < -0.39 is 0 Å². The van der Waals surface area contributed by atoms with Crippen LogP contribution >= 0.6 is 0 Å². The van der Waals surface area contributed by atoms with E-state index in [2.05, 4.69) is 5.32 Å². The zero-order valence-electron chi connectivity index (χ0n) is 6.68. The van der Waals surface area contributed by atoms with Gasteiger partial charge in [0.1, 0.15) is 6.61 Å². The van der Waals surface area contributed by atoms with Crippen molar-refractivity contribution in [2.24, 2.45) is 0 Å². The third-order valence-corrected chi connectivity index (χ3v) is 2.11. The Morgan fingerprint density at radius 1 is 1.36 bits per heavy atom. The van der Waals surface area contributed by atoms with Gasteiger partial charge in [-0.25, -0.2) is 0 Å². The van der Waals surface area contributed by atoms with Crippen LogP contribution in [0.4, 0.5) is 0 Å². The van der Waals surface area contributed by atoms with Crippen LogP contribution in [-0.4, -0.2) is 23.7 Å². The number of hydrogen-bond donors (Lipinski definition) is 2. The highest BCUT2D eigenvalue weighted by Gasteiger charge is 2.14. The van der Waals surface area contributed by atoms with Gasteiger partial charge in [0.25, 0.3) is 0 Å². The molecule has 0 saturated heterocycles. The lowest BCUT2D eigenvalue weighted by Crippen LogP contribution is -2.37. The lowest BCUT2D eigenvalue weighted by molar-refractivity contribution is -0.124. The summed E-state index contributed by atoms with van der Waals surface area (Å²) in [4.78, 5) is 10.7. The molecule has 0 radical (unpaired) electrons. The molecule has 0 atom stereocenters. The van der Waals surface area contributed by atoms with Crippen molar-refractivity contribution in [3.05, 3.63) is 0 Å². The van der Waals surface area contributed by atoms with Crippen LogP contribution < -0.4 is 5.32 Å². The lowest BCUT2D eigenvalue weighted by atomic mass is 9.95. The van der Waals surface area contributed by atoms with Crippen LogP contribution in [0.3, 0.4) is 0 Å². The van der Waals surface area contributed by atoms with Crippen molar-refractivity contribution in [3.8, 4) is 0 Å². The fourth-order valence-electron chi connectivity index (χ4n) is 1.52. The Bertz CT molecular complexity index is 130. The molecular formula is C8H15NO2. The number of carbonyl (C=O) groups is 1. The maximum absolute atomic E-state index is 10.7. The fraction of sp³-hybridized carbons (Fsp3) is 0.875. The van der Waals surface area contributed by atoms with E-state index >= 15 is 0 Å². The van der Waals surface area contributed by atoms with Crippen LogP contribution in [0, 0.1) is 0 Å². The van der Waals surface area contributed by atoms with E-state index in [1.165, 1.54) is 19.3 Å². The van der Waals surface area contributed by atoms with E-state index in [0.717, 1.165) is 12.8 Å². The Morgan fingerprint density at radius 2 is 2.00 bits per heavy atom. The third-order valence-electron chi connectivity index (χ3n) is 2.11. The second-order valence-corrected chi connectivity index (χ2v) is 3.06. The van der Waals surface area contributed by atoms with Crippen LogP contribution in [-0.2, 0) is 4.79 Å². The molecule has 2 N–H and O–H groups in total. The first-order chi connectivity index (χ1) is 5.33. The molecule has 0 heterocycles. The zero-order chi connectivity index (χ0) is 8.10. The number of nitrogens with one attached hydrogen (secondary N) is 1. The molecular weight excluding hydrogens is 142 g/mol. The van der Waals surface area contributed by atoms with Crippen LogP contribution in [0.15, 0.2) is 0 Å². The Balaban J connectivity index is 2.19. The second kappa shape index (κ2) is 4.34. The predicted octanol–water partition coefficient (Wildman–Crippen LogP) is 0.428. The van der Waals surface area contributed by atoms with E-state index in [-0.39, 0.29) is 12.5 Å². The molecule has 1 saturated carbocycles. The minimum Gasteiger partial charge on any atom is -0.387 e. The first kappa shape index (κ1) is 8.53. The molecule has 0 aromatic heterocycles. The van der Waals surface area contributed by atoms with Gasteiger partial charge in [0.15, 0.2) is 0 Å². The number of carbonyl (C=O) groups excluding carboxylic acids is 1. The monoisotopic (exact) mass is 157 g/mol. The number of rotatable bonds is 2. The quantitative estimate of drug-likeness (QED) is 0.610. The molecule has 0 bridgehead atoms. The van der Waals surface area contributed by atoms with Gasteiger partial charge >= 0.3 is 0 Å². The summed E-state index contributed by atoms with van der Waals surface area (Å²) in [5.41, 5.74) is 0. The summed E-state index contributed by atoms with van der Waals surface area (Å²) in [5, 5.41) is 11.2. The molecule has 0 spiro atoms. The van der Waals surface area contributed by atoms with Gasteiger partial charge in [0, 0.05) is 6.04 Å². The Kier molecular flexibility index (Phi) is 3.36. The summed E-state index contributed by atoms with van der Waals surface area (Å²) in [6.45, 7) is -0.378. The van der Waals surface area contributed by atoms with E-state index in [9.17, 15) is 4.79 Å². The molecule has 1 amide bonds. The van der Waals surface area contributed by atoms with Crippen molar-refractivity contribution < 1.29 is 9.90 Å². The number of hydrogen-bond acceptors (Lipinski definition) is 2. The molecule has 3 heteroatoms. The van der Waals surface area contributed by atoms with E-state index in [1.54, 1.807) is 0 Å². The first-order valence-electron chi connectivity index (χ1n) is 4.23. The number of amides is 1. The molecule has 3 nitrogen and oxygen atoms in total. The van der Waals surface area contributed by atoms with E-state index in [4.69, 9.17) is 5.11 Å². The fourth-order valence-corrected chi connectivity index (χ4v) is 1.52. The van der Waals surface area contributed by atoms with Gasteiger partial charge in [-0.05, 0) is 12.8 Å². The minimum atomic E-state index is -0.378. The van der Waals surface area contributed by atoms with Crippen molar-refractivity contribution in [2.75, 3.05) is 6.61 Å². The normalized spacial score (nSPS) is 19.7. The predicted molar refractivity (Wildman–Crippen MR) is 42.1 cm³/mol. The van der Waals surface area contributed by atoms with Gasteiger partial charge in [0.05, 0.1) is 0 Å². The smallest absolute Gasteiger partial charge is 0.245 e. The zero-order valence-corrected chi connectivity index (χ0v) is 6.68. The minimum absolute atomic E-state index is 0.239. The van der Waals surface area contributed by atoms with E-state index in [0.29, 0.717) is 6.04 Å². The largest absolute Gasteiger partial charge is 0.387 e. The lowest BCUT2D eigenvalue weighted by Gasteiger charge is -2.22. The van der Waals surface area contributed by atoms with Crippen LogP contribution in [0.1, 0.15) is 32.1 Å². The highest BCUT2D eigenvalue weighted by molar-refractivity contribution is 5.77. The molecule has 1 fully saturated rings. The van der Waals surface area contributed by atoms with Gasteiger partial charge in [-0.1, -0.05) is 19.3 Å². The molecule has 0 aromatic rings. The summed E-state index contributed by atoms with van der Waals surface area (Å²) in [7, 11) is 0. The van der Waals surface area contributed by atoms with Crippen molar-refractivity contribution in [1.29, 1.82) is 0 Å². The molecule has 64 valence electrons. The van der Waals surface area contributed by atoms with Crippen LogP contribution in [0.25, 0.3) is 0 Å². The van der Waals surface area contributed by atoms with Crippen molar-refractivity contribution >= 4 is 5.91 Å². The maximum Gasteiger partial charge on any atom is 0.245 e. The van der Waals surface area contributed by atoms with Gasteiger partial charge in [-0.15, -0.1) is 0 Å². The molecule has 1 aliphatic rings. The van der Waals surface area contributed by atoms with Crippen molar-refractivity contribution in [2.45, 2.75) is 38.1 Å². The van der Waals surface area contributed by atoms with Crippen molar-refractivity contribution in [3.63, 3.8) is 0 Å². The second-order valence-electron chi connectivity index (χ2n) is 3.06. The first-order valence-corrected chi connectivity index (χ1v) is 4.23. The molecule has 0 aliphatic heterocycles. The van der Waals surface area contributed by atoms with Crippen molar-refractivity contribution in [1.82, 2.24) is 5.32 Å². The molecule has 11 heavy (non-hydrogen) atoms. The molecule has 0 aromatic carbocycles. The molecule has 1 aliphatic carbocycles. The topological polar surface area (TPSA) is 49.3 Å². The molecule has 1 rings (SSSR count). The van der Waals surface area contributed by atoms with Gasteiger partial charge in [0.2, 0.25) is 5.91 Å². The summed E-state index contributed by atoms with van der Waals surface area (Å²) < 4.78 is 0. The maximum atomic E-state index is 10.7. The number of aliphatic hydroxyl groups is 1. The molecule has 0 unspecified atom stereocenters. The van der Waals surface area contributed by atoms with Crippen LogP contribution in [0.5, 0.6) is 0 Å². The highest BCUT2D eigenvalue weighted by atomic mass is 16.3. The highest BCUT2D eigenvalue weighted by Crippen LogP contribution is 2.16. The Labute approximate surface area is 66.8 Å². The summed E-state index contributed by atoms with van der Waals surface area (Å²) in [6.07, 6.45) is 5.84. The van der Waals surface area contributed by atoms with Gasteiger partial charge in [-0.3, -0.25) is 4.79 Å². The number of aliphatic hydroxyl groups excluding tert-OH is 1. The summed E-state index contributed by atoms with van der Waals surface area (Å²) in [6, 6.07) is 0.323. The summed E-state index contributed by atoms with van der Waals surface area (Å²) in [5.74, 6) is -0.239. The SMILES string of the molecule is O=C(CO)NC1CCCCC1. The van der Waals surface area contributed by atoms with Crippen LogP contribution in [0.2, 0.25) is 0 Å². The standard InChI is InChI=1S/C8H15NO2/c10-6-8(11)9-7-4-2-1-3-5-7/h7,10H,1-6H2,(H,9,11). The van der Waals surface area contributed by atoms with E-state index in [1.807, 2.05) is 0 Å². The van der Waals surface area contributed by atoms with Gasteiger partial charge in [-0.2, -0.15) is 0 Å². The Morgan fingerprint density at radius 3 is 2.55 bits per heavy atom. The summed E-state index contributed by atoms with van der Waals surface area (Å²) >= 11 is 0.